The van der Waals surface area contributed by atoms with Crippen LogP contribution in [0.25, 0.3) is 6.08 Å². The first-order chi connectivity index (χ1) is 13.2. The lowest BCUT2D eigenvalue weighted by molar-refractivity contribution is -0.113. The number of amides is 1. The van der Waals surface area contributed by atoms with Gasteiger partial charge in [-0.15, -0.1) is 0 Å². The SMILES string of the molecule is O=C1C(=Cc2ccc(SCc3ccccc3)o2)SC(=S)N1c1ccccc1. The molecule has 1 aliphatic rings. The maximum atomic E-state index is 12.7. The standard InChI is InChI=1S/C21H15NO2S3/c23-20-18(27-21(25)22(20)16-9-5-2-6-10-16)13-17-11-12-19(24-17)26-14-15-7-3-1-4-8-15/h1-13H,14H2. The van der Waals surface area contributed by atoms with E-state index in [0.717, 1.165) is 16.5 Å². The number of furan rings is 1. The number of nitrogens with zero attached hydrogens (tertiary/aromatic N) is 1. The molecule has 0 atom stereocenters. The fourth-order valence-electron chi connectivity index (χ4n) is 2.61. The smallest absolute Gasteiger partial charge is 0.270 e. The summed E-state index contributed by atoms with van der Waals surface area (Å²) in [7, 11) is 0. The molecule has 0 bridgehead atoms. The highest BCUT2D eigenvalue weighted by molar-refractivity contribution is 8.27. The monoisotopic (exact) mass is 409 g/mol. The van der Waals surface area contributed by atoms with Crippen molar-refractivity contribution in [2.75, 3.05) is 4.90 Å². The van der Waals surface area contributed by atoms with Gasteiger partial charge in [0.05, 0.1) is 10.6 Å². The van der Waals surface area contributed by atoms with Gasteiger partial charge in [-0.05, 0) is 29.8 Å². The molecular weight excluding hydrogens is 394 g/mol. The second-order valence-electron chi connectivity index (χ2n) is 5.78. The highest BCUT2D eigenvalue weighted by Crippen LogP contribution is 2.36. The Morgan fingerprint density at radius 3 is 2.44 bits per heavy atom. The number of thioether (sulfide) groups is 2. The van der Waals surface area contributed by atoms with Crippen molar-refractivity contribution in [3.8, 4) is 0 Å². The van der Waals surface area contributed by atoms with Gasteiger partial charge in [-0.25, -0.2) is 0 Å². The summed E-state index contributed by atoms with van der Waals surface area (Å²) in [5.74, 6) is 1.37. The van der Waals surface area contributed by atoms with E-state index in [4.69, 9.17) is 16.6 Å². The molecule has 3 aromatic rings. The van der Waals surface area contributed by atoms with Crippen LogP contribution in [0, 0.1) is 0 Å². The van der Waals surface area contributed by atoms with Crippen molar-refractivity contribution in [2.24, 2.45) is 0 Å². The predicted molar refractivity (Wildman–Crippen MR) is 117 cm³/mol. The van der Waals surface area contributed by atoms with Gasteiger partial charge in [-0.1, -0.05) is 84.3 Å². The molecule has 1 saturated heterocycles. The van der Waals surface area contributed by atoms with Gasteiger partial charge in [0.1, 0.15) is 5.76 Å². The number of carbonyl (C=O) groups is 1. The van der Waals surface area contributed by atoms with E-state index in [1.807, 2.05) is 60.7 Å². The highest BCUT2D eigenvalue weighted by atomic mass is 32.2. The largest absolute Gasteiger partial charge is 0.450 e. The number of hydrogen-bond donors (Lipinski definition) is 0. The van der Waals surface area contributed by atoms with Crippen LogP contribution in [-0.2, 0) is 10.5 Å². The topological polar surface area (TPSA) is 33.5 Å². The quantitative estimate of drug-likeness (QED) is 0.294. The summed E-state index contributed by atoms with van der Waals surface area (Å²) in [5, 5.41) is 0.823. The molecular formula is C21H15NO2S3. The van der Waals surface area contributed by atoms with Crippen LogP contribution in [0.5, 0.6) is 0 Å². The van der Waals surface area contributed by atoms with Crippen molar-refractivity contribution < 1.29 is 9.21 Å². The lowest BCUT2D eigenvalue weighted by Gasteiger charge is -2.13. The van der Waals surface area contributed by atoms with E-state index >= 15 is 0 Å². The van der Waals surface area contributed by atoms with E-state index in [0.29, 0.717) is 15.0 Å². The molecule has 0 unspecified atom stereocenters. The molecule has 1 fully saturated rings. The van der Waals surface area contributed by atoms with Gasteiger partial charge >= 0.3 is 0 Å². The first-order valence-electron chi connectivity index (χ1n) is 8.30. The number of hydrogen-bond acceptors (Lipinski definition) is 5. The Kier molecular flexibility index (Phi) is 5.48. The Labute approximate surface area is 171 Å². The third-order valence-corrected chi connectivity index (χ3v) is 6.19. The molecule has 0 N–H and O–H groups in total. The van der Waals surface area contributed by atoms with Crippen LogP contribution >= 0.6 is 35.7 Å². The summed E-state index contributed by atoms with van der Waals surface area (Å²) >= 11 is 8.31. The zero-order valence-corrected chi connectivity index (χ0v) is 16.7. The van der Waals surface area contributed by atoms with Gasteiger partial charge in [0.2, 0.25) is 0 Å². The van der Waals surface area contributed by atoms with E-state index in [2.05, 4.69) is 12.1 Å². The maximum absolute atomic E-state index is 12.7. The number of rotatable bonds is 5. The lowest BCUT2D eigenvalue weighted by Crippen LogP contribution is -2.27. The molecule has 1 aromatic heterocycles. The fourth-order valence-corrected chi connectivity index (χ4v) is 4.71. The van der Waals surface area contributed by atoms with Crippen LogP contribution in [0.2, 0.25) is 0 Å². The van der Waals surface area contributed by atoms with Gasteiger partial charge in [-0.3, -0.25) is 9.69 Å². The van der Waals surface area contributed by atoms with E-state index in [1.54, 1.807) is 22.7 Å². The predicted octanol–water partition coefficient (Wildman–Crippen LogP) is 5.98. The number of anilines is 1. The molecule has 0 radical (unpaired) electrons. The summed E-state index contributed by atoms with van der Waals surface area (Å²) in [4.78, 5) is 14.9. The van der Waals surface area contributed by atoms with Crippen molar-refractivity contribution in [1.29, 1.82) is 0 Å². The Morgan fingerprint density at radius 2 is 1.70 bits per heavy atom. The van der Waals surface area contributed by atoms with Crippen LogP contribution in [0.15, 0.2) is 87.2 Å². The molecule has 0 aliphatic carbocycles. The molecule has 0 spiro atoms. The normalized spacial score (nSPS) is 15.7. The van der Waals surface area contributed by atoms with Crippen molar-refractivity contribution in [3.05, 3.63) is 89.0 Å². The van der Waals surface area contributed by atoms with Crippen LogP contribution in [0.4, 0.5) is 5.69 Å². The summed E-state index contributed by atoms with van der Waals surface area (Å²) < 4.78 is 6.38. The molecule has 2 aromatic carbocycles. The highest BCUT2D eigenvalue weighted by Gasteiger charge is 2.33. The summed E-state index contributed by atoms with van der Waals surface area (Å²) in [6.45, 7) is 0. The molecule has 134 valence electrons. The minimum absolute atomic E-state index is 0.119. The van der Waals surface area contributed by atoms with Gasteiger partial charge in [-0.2, -0.15) is 0 Å². The Bertz CT molecular complexity index is 997. The van der Waals surface area contributed by atoms with Gasteiger partial charge in [0, 0.05) is 11.8 Å². The zero-order valence-electron chi connectivity index (χ0n) is 14.2. The molecule has 1 aliphatic heterocycles. The van der Waals surface area contributed by atoms with E-state index in [-0.39, 0.29) is 5.91 Å². The number of benzene rings is 2. The molecule has 4 rings (SSSR count). The maximum Gasteiger partial charge on any atom is 0.270 e. The molecule has 2 heterocycles. The summed E-state index contributed by atoms with van der Waals surface area (Å²) in [6.07, 6.45) is 1.76. The number of thiocarbonyl (C=S) groups is 1. The summed E-state index contributed by atoms with van der Waals surface area (Å²) in [6, 6.07) is 23.5. The second kappa shape index (κ2) is 8.17. The average Bonchev–Trinajstić information content (AvgIpc) is 3.26. The Morgan fingerprint density at radius 1 is 1.00 bits per heavy atom. The Hall–Kier alpha value is -2.28. The second-order valence-corrected chi connectivity index (χ2v) is 8.44. The third-order valence-electron chi connectivity index (χ3n) is 3.91. The van der Waals surface area contributed by atoms with Crippen molar-refractivity contribution >= 4 is 57.7 Å². The number of para-hydroxylation sites is 1. The molecule has 0 saturated carbocycles. The summed E-state index contributed by atoms with van der Waals surface area (Å²) in [5.41, 5.74) is 2.02. The van der Waals surface area contributed by atoms with Crippen molar-refractivity contribution in [2.45, 2.75) is 10.8 Å². The first kappa shape index (κ1) is 18.1. The number of carbonyl (C=O) groups excluding carboxylic acids is 1. The van der Waals surface area contributed by atoms with Gasteiger partial charge in [0.15, 0.2) is 9.41 Å². The van der Waals surface area contributed by atoms with E-state index in [1.165, 1.54) is 17.3 Å². The lowest BCUT2D eigenvalue weighted by atomic mass is 10.2. The molecule has 27 heavy (non-hydrogen) atoms. The minimum atomic E-state index is -0.119. The molecule has 3 nitrogen and oxygen atoms in total. The van der Waals surface area contributed by atoms with Crippen LogP contribution in [-0.4, -0.2) is 10.2 Å². The zero-order chi connectivity index (χ0) is 18.6. The van der Waals surface area contributed by atoms with Crippen molar-refractivity contribution in [1.82, 2.24) is 0 Å². The van der Waals surface area contributed by atoms with Gasteiger partial charge < -0.3 is 4.42 Å². The Balaban J connectivity index is 1.47. The molecule has 6 heteroatoms. The van der Waals surface area contributed by atoms with Crippen LogP contribution < -0.4 is 4.90 Å². The van der Waals surface area contributed by atoms with Crippen LogP contribution in [0.3, 0.4) is 0 Å². The first-order valence-corrected chi connectivity index (χ1v) is 10.5. The fraction of sp³-hybridized carbons (Fsp3) is 0.0476. The minimum Gasteiger partial charge on any atom is -0.450 e. The van der Waals surface area contributed by atoms with Crippen molar-refractivity contribution in [3.63, 3.8) is 0 Å². The van der Waals surface area contributed by atoms with E-state index < -0.39 is 0 Å². The van der Waals surface area contributed by atoms with E-state index in [9.17, 15) is 4.79 Å². The van der Waals surface area contributed by atoms with Gasteiger partial charge in [0.25, 0.3) is 5.91 Å². The van der Waals surface area contributed by atoms with Crippen LogP contribution in [0.1, 0.15) is 11.3 Å². The third kappa shape index (κ3) is 4.18. The molecule has 1 amide bonds. The average molecular weight is 410 g/mol.